The lowest BCUT2D eigenvalue weighted by atomic mass is 10.2. The van der Waals surface area contributed by atoms with Crippen LogP contribution in [-0.2, 0) is 11.4 Å². The second-order valence-corrected chi connectivity index (χ2v) is 6.16. The van der Waals surface area contributed by atoms with E-state index in [4.69, 9.17) is 14.2 Å². The lowest BCUT2D eigenvalue weighted by Crippen LogP contribution is -2.20. The summed E-state index contributed by atoms with van der Waals surface area (Å²) in [4.78, 5) is 23.1. The smallest absolute Gasteiger partial charge is 0.262 e. The van der Waals surface area contributed by atoms with Gasteiger partial charge in [-0.3, -0.25) is 9.59 Å². The number of carbonyl (C=O) groups is 2. The Bertz CT molecular complexity index is 955. The average molecular weight is 391 g/mol. The predicted molar refractivity (Wildman–Crippen MR) is 110 cm³/mol. The maximum Gasteiger partial charge on any atom is 0.262 e. The van der Waals surface area contributed by atoms with Crippen LogP contribution in [-0.4, -0.2) is 25.9 Å². The summed E-state index contributed by atoms with van der Waals surface area (Å²) >= 11 is 0. The molecule has 0 fully saturated rings. The molecule has 0 radical (unpaired) electrons. The van der Waals surface area contributed by atoms with Crippen molar-refractivity contribution in [3.63, 3.8) is 0 Å². The van der Waals surface area contributed by atoms with Crippen molar-refractivity contribution in [1.29, 1.82) is 0 Å². The van der Waals surface area contributed by atoms with Gasteiger partial charge < -0.3 is 19.5 Å². The van der Waals surface area contributed by atoms with E-state index >= 15 is 0 Å². The maximum absolute atomic E-state index is 12.2. The fourth-order valence-electron chi connectivity index (χ4n) is 2.60. The van der Waals surface area contributed by atoms with Gasteiger partial charge in [0.05, 0.1) is 7.11 Å². The zero-order chi connectivity index (χ0) is 20.5. The molecule has 0 atom stereocenters. The molecule has 0 bridgehead atoms. The van der Waals surface area contributed by atoms with Crippen LogP contribution in [0.2, 0.25) is 0 Å². The van der Waals surface area contributed by atoms with Crippen LogP contribution in [0, 0.1) is 0 Å². The van der Waals surface area contributed by atoms with Crippen LogP contribution in [0.3, 0.4) is 0 Å². The van der Waals surface area contributed by atoms with Gasteiger partial charge in [-0.05, 0) is 48.0 Å². The second kappa shape index (κ2) is 9.94. The molecule has 3 aromatic carbocycles. The Hall–Kier alpha value is -3.80. The van der Waals surface area contributed by atoms with Crippen LogP contribution in [0.15, 0.2) is 72.8 Å². The molecule has 29 heavy (non-hydrogen) atoms. The van der Waals surface area contributed by atoms with Gasteiger partial charge in [-0.25, -0.2) is 0 Å². The minimum atomic E-state index is -0.332. The molecule has 0 saturated carbocycles. The number of hydrogen-bond acceptors (Lipinski definition) is 5. The summed E-state index contributed by atoms with van der Waals surface area (Å²) in [6.07, 6.45) is 0.702. The molecule has 0 spiro atoms. The van der Waals surface area contributed by atoms with E-state index in [0.717, 1.165) is 5.56 Å². The molecule has 6 heteroatoms. The molecule has 0 saturated heterocycles. The van der Waals surface area contributed by atoms with Gasteiger partial charge in [-0.15, -0.1) is 0 Å². The summed E-state index contributed by atoms with van der Waals surface area (Å²) in [7, 11) is 1.49. The molecule has 0 aliphatic heterocycles. The topological polar surface area (TPSA) is 73.9 Å². The molecule has 148 valence electrons. The highest BCUT2D eigenvalue weighted by molar-refractivity contribution is 5.92. The van der Waals surface area contributed by atoms with Crippen molar-refractivity contribution in [2.45, 2.75) is 6.61 Å². The van der Waals surface area contributed by atoms with Gasteiger partial charge in [0.2, 0.25) is 0 Å². The Morgan fingerprint density at radius 2 is 1.69 bits per heavy atom. The lowest BCUT2D eigenvalue weighted by molar-refractivity contribution is -0.118. The molecule has 3 aromatic rings. The molecule has 0 heterocycles. The average Bonchev–Trinajstić information content (AvgIpc) is 2.77. The van der Waals surface area contributed by atoms with Gasteiger partial charge in [-0.1, -0.05) is 30.3 Å². The van der Waals surface area contributed by atoms with Crippen LogP contribution in [0.25, 0.3) is 0 Å². The highest BCUT2D eigenvalue weighted by Crippen LogP contribution is 2.27. The van der Waals surface area contributed by atoms with E-state index in [0.29, 0.717) is 41.4 Å². The lowest BCUT2D eigenvalue weighted by Gasteiger charge is -2.12. The van der Waals surface area contributed by atoms with E-state index in [1.54, 1.807) is 36.4 Å². The standard InChI is InChI=1S/C23H21NO5/c1-27-21-12-7-18(14-25)13-22(21)29-16-23(26)24-19-8-10-20(11-9-19)28-15-17-5-3-2-4-6-17/h2-14H,15-16H2,1H3,(H,24,26). The van der Waals surface area contributed by atoms with Gasteiger partial charge in [0, 0.05) is 11.3 Å². The number of anilines is 1. The molecular formula is C23H21NO5. The molecule has 6 nitrogen and oxygen atoms in total. The second-order valence-electron chi connectivity index (χ2n) is 6.16. The van der Waals surface area contributed by atoms with E-state index in [9.17, 15) is 9.59 Å². The van der Waals surface area contributed by atoms with Crippen LogP contribution >= 0.6 is 0 Å². The Morgan fingerprint density at radius 3 is 2.38 bits per heavy atom. The summed E-state index contributed by atoms with van der Waals surface area (Å²) in [5.74, 6) is 1.15. The third-order valence-corrected chi connectivity index (χ3v) is 4.07. The zero-order valence-corrected chi connectivity index (χ0v) is 16.0. The van der Waals surface area contributed by atoms with Crippen LogP contribution in [0.5, 0.6) is 17.2 Å². The van der Waals surface area contributed by atoms with Gasteiger partial charge in [0.25, 0.3) is 5.91 Å². The van der Waals surface area contributed by atoms with Crippen LogP contribution in [0.1, 0.15) is 15.9 Å². The van der Waals surface area contributed by atoms with Crippen molar-refractivity contribution in [1.82, 2.24) is 0 Å². The molecular weight excluding hydrogens is 370 g/mol. The number of carbonyl (C=O) groups excluding carboxylic acids is 2. The van der Waals surface area contributed by atoms with E-state index in [1.165, 1.54) is 13.2 Å². The number of aldehydes is 1. The number of nitrogens with one attached hydrogen (secondary N) is 1. The SMILES string of the molecule is COc1ccc(C=O)cc1OCC(=O)Nc1ccc(OCc2ccccc2)cc1. The van der Waals surface area contributed by atoms with E-state index in [-0.39, 0.29) is 12.5 Å². The minimum absolute atomic E-state index is 0.217. The number of hydrogen-bond donors (Lipinski definition) is 1. The minimum Gasteiger partial charge on any atom is -0.493 e. The summed E-state index contributed by atoms with van der Waals surface area (Å²) < 4.78 is 16.4. The number of rotatable bonds is 9. The normalized spacial score (nSPS) is 10.1. The Labute approximate surface area is 169 Å². The van der Waals surface area contributed by atoms with Gasteiger partial charge in [0.15, 0.2) is 18.1 Å². The highest BCUT2D eigenvalue weighted by atomic mass is 16.5. The Morgan fingerprint density at radius 1 is 0.931 bits per heavy atom. The quantitative estimate of drug-likeness (QED) is 0.556. The number of benzene rings is 3. The first-order valence-electron chi connectivity index (χ1n) is 9.00. The first kappa shape index (κ1) is 19.9. The van der Waals surface area contributed by atoms with Crippen molar-refractivity contribution < 1.29 is 23.8 Å². The first-order valence-corrected chi connectivity index (χ1v) is 9.00. The molecule has 0 aliphatic carbocycles. The predicted octanol–water partition coefficient (Wildman–Crippen LogP) is 4.10. The molecule has 1 N–H and O–H groups in total. The van der Waals surface area contributed by atoms with Crippen molar-refractivity contribution in [2.75, 3.05) is 19.0 Å². The van der Waals surface area contributed by atoms with E-state index < -0.39 is 0 Å². The summed E-state index contributed by atoms with van der Waals surface area (Å²) in [6, 6.07) is 21.7. The molecule has 0 aliphatic rings. The molecule has 3 rings (SSSR count). The van der Waals surface area contributed by atoms with Crippen molar-refractivity contribution in [2.24, 2.45) is 0 Å². The van der Waals surface area contributed by atoms with Crippen LogP contribution < -0.4 is 19.5 Å². The molecule has 1 amide bonds. The summed E-state index contributed by atoms with van der Waals surface area (Å²) in [5.41, 5.74) is 2.14. The maximum atomic E-state index is 12.2. The number of amides is 1. The van der Waals surface area contributed by atoms with Crippen molar-refractivity contribution in [3.05, 3.63) is 83.9 Å². The fraction of sp³-hybridized carbons (Fsp3) is 0.130. The molecule has 0 aromatic heterocycles. The highest BCUT2D eigenvalue weighted by Gasteiger charge is 2.09. The largest absolute Gasteiger partial charge is 0.493 e. The third-order valence-electron chi connectivity index (χ3n) is 4.07. The zero-order valence-electron chi connectivity index (χ0n) is 16.0. The third kappa shape index (κ3) is 5.84. The van der Waals surface area contributed by atoms with Crippen molar-refractivity contribution >= 4 is 17.9 Å². The van der Waals surface area contributed by atoms with Crippen molar-refractivity contribution in [3.8, 4) is 17.2 Å². The van der Waals surface area contributed by atoms with E-state index in [1.807, 2.05) is 30.3 Å². The fourth-order valence-corrected chi connectivity index (χ4v) is 2.60. The first-order chi connectivity index (χ1) is 14.2. The van der Waals surface area contributed by atoms with Gasteiger partial charge in [0.1, 0.15) is 18.6 Å². The summed E-state index contributed by atoms with van der Waals surface area (Å²) in [6.45, 7) is 0.257. The molecule has 0 unspecified atom stereocenters. The number of ether oxygens (including phenoxy) is 3. The van der Waals surface area contributed by atoms with Gasteiger partial charge >= 0.3 is 0 Å². The van der Waals surface area contributed by atoms with Gasteiger partial charge in [-0.2, -0.15) is 0 Å². The van der Waals surface area contributed by atoms with Crippen LogP contribution in [0.4, 0.5) is 5.69 Å². The van der Waals surface area contributed by atoms with E-state index in [2.05, 4.69) is 5.32 Å². The Kier molecular flexibility index (Phi) is 6.84. The Balaban J connectivity index is 1.51. The summed E-state index contributed by atoms with van der Waals surface area (Å²) in [5, 5.41) is 2.75. The monoisotopic (exact) mass is 391 g/mol. The number of methoxy groups -OCH3 is 1.